The number of benzene rings is 1. The average Bonchev–Trinajstić information content (AvgIpc) is 2.73. The maximum absolute atomic E-state index is 12.4. The van der Waals surface area contributed by atoms with Crippen molar-refractivity contribution in [3.8, 4) is 0 Å². The highest BCUT2D eigenvalue weighted by Gasteiger charge is 2.16. The fraction of sp³-hybridized carbons (Fsp3) is 0.667. The standard InChI is InChI=1S/C24H38O4/c1-5-9-12-19(7-3)17-27-23(25)21-14-11-15-22(16-21)24(26)28-18-20(8-4)13-10-6-2/h11,14-16,19-20H,5-10,12-13,17-18H2,1-4H3/t19-,20-/m0/s1. The lowest BCUT2D eigenvalue weighted by Gasteiger charge is -2.15. The molecule has 1 aromatic carbocycles. The summed E-state index contributed by atoms with van der Waals surface area (Å²) in [5, 5.41) is 0. The zero-order chi connectivity index (χ0) is 20.8. The number of hydrogen-bond acceptors (Lipinski definition) is 4. The van der Waals surface area contributed by atoms with Crippen LogP contribution in [0.25, 0.3) is 0 Å². The largest absolute Gasteiger partial charge is 0.462 e. The van der Waals surface area contributed by atoms with Crippen molar-refractivity contribution in [3.63, 3.8) is 0 Å². The normalized spacial score (nSPS) is 13.0. The van der Waals surface area contributed by atoms with Crippen LogP contribution in [0.15, 0.2) is 24.3 Å². The number of ether oxygens (including phenoxy) is 2. The van der Waals surface area contributed by atoms with Crippen molar-refractivity contribution in [2.24, 2.45) is 11.8 Å². The average molecular weight is 391 g/mol. The van der Waals surface area contributed by atoms with Crippen molar-refractivity contribution in [1.82, 2.24) is 0 Å². The molecule has 2 atom stereocenters. The Bertz CT molecular complexity index is 534. The van der Waals surface area contributed by atoms with Crippen LogP contribution in [-0.4, -0.2) is 25.2 Å². The Morgan fingerprint density at radius 2 is 1.21 bits per heavy atom. The summed E-state index contributed by atoms with van der Waals surface area (Å²) in [4.78, 5) is 24.7. The van der Waals surface area contributed by atoms with Gasteiger partial charge in [0.05, 0.1) is 24.3 Å². The van der Waals surface area contributed by atoms with Gasteiger partial charge in [0.1, 0.15) is 0 Å². The molecule has 0 fully saturated rings. The smallest absolute Gasteiger partial charge is 0.338 e. The van der Waals surface area contributed by atoms with E-state index in [1.165, 1.54) is 0 Å². The Morgan fingerprint density at radius 1 is 0.786 bits per heavy atom. The van der Waals surface area contributed by atoms with Gasteiger partial charge in [0.15, 0.2) is 0 Å². The van der Waals surface area contributed by atoms with E-state index in [1.807, 2.05) is 0 Å². The van der Waals surface area contributed by atoms with Crippen LogP contribution in [-0.2, 0) is 9.47 Å². The van der Waals surface area contributed by atoms with E-state index in [2.05, 4.69) is 27.7 Å². The number of carbonyl (C=O) groups excluding carboxylic acids is 2. The van der Waals surface area contributed by atoms with E-state index < -0.39 is 0 Å². The first kappa shape index (κ1) is 24.2. The highest BCUT2D eigenvalue weighted by atomic mass is 16.5. The van der Waals surface area contributed by atoms with E-state index in [9.17, 15) is 9.59 Å². The first-order valence-electron chi connectivity index (χ1n) is 11.0. The van der Waals surface area contributed by atoms with E-state index in [0.717, 1.165) is 51.4 Å². The lowest BCUT2D eigenvalue weighted by atomic mass is 10.0. The summed E-state index contributed by atoms with van der Waals surface area (Å²) in [6, 6.07) is 6.64. The van der Waals surface area contributed by atoms with Crippen molar-refractivity contribution >= 4 is 11.9 Å². The van der Waals surface area contributed by atoms with Crippen LogP contribution in [0.1, 0.15) is 99.8 Å². The van der Waals surface area contributed by atoms with E-state index in [0.29, 0.717) is 36.2 Å². The maximum atomic E-state index is 12.4. The zero-order valence-electron chi connectivity index (χ0n) is 18.2. The number of unbranched alkanes of at least 4 members (excludes halogenated alkanes) is 2. The molecule has 0 saturated carbocycles. The number of hydrogen-bond donors (Lipinski definition) is 0. The third-order valence-corrected chi connectivity index (χ3v) is 5.32. The van der Waals surface area contributed by atoms with Crippen LogP contribution >= 0.6 is 0 Å². The van der Waals surface area contributed by atoms with Gasteiger partial charge in [0.25, 0.3) is 0 Å². The lowest BCUT2D eigenvalue weighted by molar-refractivity contribution is 0.0426. The zero-order valence-corrected chi connectivity index (χ0v) is 18.2. The van der Waals surface area contributed by atoms with Gasteiger partial charge in [-0.2, -0.15) is 0 Å². The molecule has 0 aliphatic heterocycles. The molecule has 0 heterocycles. The molecule has 0 amide bonds. The Morgan fingerprint density at radius 3 is 1.57 bits per heavy atom. The fourth-order valence-electron chi connectivity index (χ4n) is 3.12. The summed E-state index contributed by atoms with van der Waals surface area (Å²) in [6.45, 7) is 9.43. The number of carbonyl (C=O) groups is 2. The van der Waals surface area contributed by atoms with E-state index >= 15 is 0 Å². The van der Waals surface area contributed by atoms with Crippen molar-refractivity contribution in [3.05, 3.63) is 35.4 Å². The van der Waals surface area contributed by atoms with E-state index in [-0.39, 0.29) is 11.9 Å². The molecule has 0 bridgehead atoms. The van der Waals surface area contributed by atoms with E-state index in [4.69, 9.17) is 9.47 Å². The minimum atomic E-state index is -0.376. The van der Waals surface area contributed by atoms with Crippen LogP contribution < -0.4 is 0 Å². The van der Waals surface area contributed by atoms with Gasteiger partial charge in [0.2, 0.25) is 0 Å². The Balaban J connectivity index is 2.59. The molecule has 4 heteroatoms. The second kappa shape index (κ2) is 14.2. The molecule has 0 radical (unpaired) electrons. The van der Waals surface area contributed by atoms with Crippen molar-refractivity contribution in [1.29, 1.82) is 0 Å². The van der Waals surface area contributed by atoms with Crippen molar-refractivity contribution in [2.45, 2.75) is 79.1 Å². The summed E-state index contributed by atoms with van der Waals surface area (Å²) in [6.07, 6.45) is 8.72. The first-order chi connectivity index (χ1) is 13.5. The Hall–Kier alpha value is -1.84. The SMILES string of the molecule is CCCC[C@H](CC)COC(=O)c1cccc(C(=O)OC[C@@H](CC)CCCC)c1. The molecule has 0 aliphatic carbocycles. The number of rotatable bonds is 14. The lowest BCUT2D eigenvalue weighted by Crippen LogP contribution is -2.16. The molecule has 1 aromatic rings. The topological polar surface area (TPSA) is 52.6 Å². The molecule has 158 valence electrons. The summed E-state index contributed by atoms with van der Waals surface area (Å²) < 4.78 is 11.0. The third kappa shape index (κ3) is 8.90. The predicted octanol–water partition coefficient (Wildman–Crippen LogP) is 6.43. The van der Waals surface area contributed by atoms with Crippen molar-refractivity contribution in [2.75, 3.05) is 13.2 Å². The third-order valence-electron chi connectivity index (χ3n) is 5.32. The molecule has 4 nitrogen and oxygen atoms in total. The molecule has 0 saturated heterocycles. The van der Waals surface area contributed by atoms with Crippen LogP contribution in [0, 0.1) is 11.8 Å². The van der Waals surface area contributed by atoms with Gasteiger partial charge in [-0.15, -0.1) is 0 Å². The monoisotopic (exact) mass is 390 g/mol. The van der Waals surface area contributed by atoms with Gasteiger partial charge in [0, 0.05) is 0 Å². The molecule has 0 aliphatic rings. The van der Waals surface area contributed by atoms with Gasteiger partial charge in [-0.1, -0.05) is 72.3 Å². The van der Waals surface area contributed by atoms with Gasteiger partial charge in [-0.05, 0) is 42.9 Å². The van der Waals surface area contributed by atoms with Gasteiger partial charge < -0.3 is 9.47 Å². The van der Waals surface area contributed by atoms with Crippen LogP contribution in [0.3, 0.4) is 0 Å². The predicted molar refractivity (Wildman–Crippen MR) is 114 cm³/mol. The minimum absolute atomic E-state index is 0.376. The van der Waals surface area contributed by atoms with Crippen molar-refractivity contribution < 1.29 is 19.1 Å². The second-order valence-electron chi connectivity index (χ2n) is 7.61. The molecule has 0 aromatic heterocycles. The quantitative estimate of drug-likeness (QED) is 0.343. The van der Waals surface area contributed by atoms with Gasteiger partial charge in [-0.3, -0.25) is 0 Å². The molecule has 0 N–H and O–H groups in total. The van der Waals surface area contributed by atoms with Crippen LogP contribution in [0.4, 0.5) is 0 Å². The van der Waals surface area contributed by atoms with Gasteiger partial charge in [-0.25, -0.2) is 9.59 Å². The molecular formula is C24H38O4. The van der Waals surface area contributed by atoms with Crippen LogP contribution in [0.2, 0.25) is 0 Å². The van der Waals surface area contributed by atoms with Gasteiger partial charge >= 0.3 is 11.9 Å². The molecule has 28 heavy (non-hydrogen) atoms. The molecule has 0 unspecified atom stereocenters. The molecule has 0 spiro atoms. The summed E-state index contributed by atoms with van der Waals surface area (Å²) in [5.74, 6) is 0.0373. The highest BCUT2D eigenvalue weighted by Crippen LogP contribution is 2.16. The highest BCUT2D eigenvalue weighted by molar-refractivity contribution is 5.95. The summed E-state index contributed by atoms with van der Waals surface area (Å²) >= 11 is 0. The maximum Gasteiger partial charge on any atom is 0.338 e. The first-order valence-corrected chi connectivity index (χ1v) is 11.0. The van der Waals surface area contributed by atoms with E-state index in [1.54, 1.807) is 24.3 Å². The second-order valence-corrected chi connectivity index (χ2v) is 7.61. The van der Waals surface area contributed by atoms with Crippen LogP contribution in [0.5, 0.6) is 0 Å². The summed E-state index contributed by atoms with van der Waals surface area (Å²) in [7, 11) is 0. The Labute approximate surface area is 171 Å². The molecule has 1 rings (SSSR count). The summed E-state index contributed by atoms with van der Waals surface area (Å²) in [5.41, 5.74) is 0.802. The fourth-order valence-corrected chi connectivity index (χ4v) is 3.12. The Kier molecular flexibility index (Phi) is 12.3. The number of esters is 2. The molecular weight excluding hydrogens is 352 g/mol. The minimum Gasteiger partial charge on any atom is -0.462 e.